The fourth-order valence-electron chi connectivity index (χ4n) is 3.36. The third-order valence-corrected chi connectivity index (χ3v) is 4.79. The van der Waals surface area contributed by atoms with Gasteiger partial charge in [-0.1, -0.05) is 31.0 Å². The van der Waals surface area contributed by atoms with Crippen molar-refractivity contribution in [1.82, 2.24) is 20.4 Å². The van der Waals surface area contributed by atoms with Crippen LogP contribution < -0.4 is 16.2 Å². The Morgan fingerprint density at radius 3 is 2.48 bits per heavy atom. The fourth-order valence-corrected chi connectivity index (χ4v) is 3.36. The Kier molecular flexibility index (Phi) is 6.26. The maximum atomic E-state index is 12.5. The minimum absolute atomic E-state index is 0.0582. The van der Waals surface area contributed by atoms with Crippen molar-refractivity contribution >= 4 is 28.7 Å². The molecule has 0 saturated heterocycles. The Morgan fingerprint density at radius 2 is 1.83 bits per heavy atom. The smallest absolute Gasteiger partial charge is 0.359 e. The van der Waals surface area contributed by atoms with Gasteiger partial charge in [0.15, 0.2) is 12.3 Å². The van der Waals surface area contributed by atoms with E-state index in [1.54, 1.807) is 38.1 Å². The number of esters is 1. The average molecular weight is 400 g/mol. The SMILES string of the molecule is CC(C)n1nc(C(=O)OCC(=O)NC(=O)NC2CCCC2)c2ccccc2c1=O. The Balaban J connectivity index is 1.68. The van der Waals surface area contributed by atoms with Gasteiger partial charge in [-0.2, -0.15) is 5.10 Å². The lowest BCUT2D eigenvalue weighted by atomic mass is 10.1. The van der Waals surface area contributed by atoms with Crippen molar-refractivity contribution in [3.05, 3.63) is 40.3 Å². The first kappa shape index (κ1) is 20.5. The van der Waals surface area contributed by atoms with E-state index >= 15 is 0 Å². The van der Waals surface area contributed by atoms with Gasteiger partial charge in [0.05, 0.1) is 11.4 Å². The van der Waals surface area contributed by atoms with Gasteiger partial charge in [-0.05, 0) is 32.8 Å². The van der Waals surface area contributed by atoms with Crippen molar-refractivity contribution < 1.29 is 19.1 Å². The summed E-state index contributed by atoms with van der Waals surface area (Å²) in [6, 6.07) is 5.78. The second-order valence-electron chi connectivity index (χ2n) is 7.32. The quantitative estimate of drug-likeness (QED) is 0.740. The number of hydrogen-bond donors (Lipinski definition) is 2. The largest absolute Gasteiger partial charge is 0.451 e. The molecule has 0 atom stereocenters. The number of fused-ring (bicyclic) bond motifs is 1. The van der Waals surface area contributed by atoms with E-state index in [-0.39, 0.29) is 23.3 Å². The lowest BCUT2D eigenvalue weighted by molar-refractivity contribution is -0.123. The summed E-state index contributed by atoms with van der Waals surface area (Å²) in [7, 11) is 0. The van der Waals surface area contributed by atoms with Crippen LogP contribution in [0.5, 0.6) is 0 Å². The standard InChI is InChI=1S/C20H24N4O5/c1-12(2)24-18(26)15-10-6-5-9-14(15)17(23-24)19(27)29-11-16(25)22-20(28)21-13-7-3-4-8-13/h5-6,9-10,12-13H,3-4,7-8,11H2,1-2H3,(H2,21,22,25,28). The third kappa shape index (κ3) is 4.79. The van der Waals surface area contributed by atoms with Gasteiger partial charge in [-0.3, -0.25) is 14.9 Å². The molecule has 29 heavy (non-hydrogen) atoms. The molecule has 1 aromatic heterocycles. The molecule has 154 valence electrons. The van der Waals surface area contributed by atoms with Crippen LogP contribution in [0.3, 0.4) is 0 Å². The van der Waals surface area contributed by atoms with Gasteiger partial charge in [-0.15, -0.1) is 0 Å². The van der Waals surface area contributed by atoms with Gasteiger partial charge in [0.25, 0.3) is 11.5 Å². The number of amides is 3. The summed E-state index contributed by atoms with van der Waals surface area (Å²) < 4.78 is 6.24. The molecule has 3 rings (SSSR count). The molecule has 1 saturated carbocycles. The molecule has 2 N–H and O–H groups in total. The van der Waals surface area contributed by atoms with Crippen LogP contribution >= 0.6 is 0 Å². The molecule has 0 radical (unpaired) electrons. The molecule has 9 heteroatoms. The zero-order valence-corrected chi connectivity index (χ0v) is 16.4. The second kappa shape index (κ2) is 8.85. The first-order chi connectivity index (χ1) is 13.9. The van der Waals surface area contributed by atoms with Crippen molar-refractivity contribution in [3.63, 3.8) is 0 Å². The molecule has 1 heterocycles. The predicted octanol–water partition coefficient (Wildman–Crippen LogP) is 1.90. The maximum absolute atomic E-state index is 12.5. The minimum atomic E-state index is -0.845. The number of carbonyl (C=O) groups is 3. The number of benzene rings is 1. The van der Waals surface area contributed by atoms with E-state index in [1.165, 1.54) is 4.68 Å². The Hall–Kier alpha value is -3.23. The molecular weight excluding hydrogens is 376 g/mol. The average Bonchev–Trinajstić information content (AvgIpc) is 3.19. The van der Waals surface area contributed by atoms with E-state index in [2.05, 4.69) is 15.7 Å². The summed E-state index contributed by atoms with van der Waals surface area (Å²) in [5.74, 6) is -1.59. The van der Waals surface area contributed by atoms with Gasteiger partial charge in [0.2, 0.25) is 0 Å². The molecule has 1 aromatic carbocycles. The van der Waals surface area contributed by atoms with Gasteiger partial charge in [0, 0.05) is 11.4 Å². The highest BCUT2D eigenvalue weighted by Crippen LogP contribution is 2.17. The van der Waals surface area contributed by atoms with Crippen molar-refractivity contribution in [2.75, 3.05) is 6.61 Å². The van der Waals surface area contributed by atoms with Gasteiger partial charge in [-0.25, -0.2) is 14.3 Å². The predicted molar refractivity (Wildman–Crippen MR) is 106 cm³/mol. The van der Waals surface area contributed by atoms with Gasteiger partial charge in [0.1, 0.15) is 0 Å². The second-order valence-corrected chi connectivity index (χ2v) is 7.32. The van der Waals surface area contributed by atoms with E-state index in [0.717, 1.165) is 25.7 Å². The highest BCUT2D eigenvalue weighted by Gasteiger charge is 2.21. The maximum Gasteiger partial charge on any atom is 0.359 e. The number of aromatic nitrogens is 2. The Labute approximate surface area is 167 Å². The normalized spacial score (nSPS) is 14.2. The van der Waals surface area contributed by atoms with Crippen LogP contribution in [0, 0.1) is 0 Å². The van der Waals surface area contributed by atoms with Crippen molar-refractivity contribution in [1.29, 1.82) is 0 Å². The Bertz CT molecular complexity index is 992. The minimum Gasteiger partial charge on any atom is -0.451 e. The zero-order valence-electron chi connectivity index (χ0n) is 16.4. The molecule has 1 aliphatic carbocycles. The highest BCUT2D eigenvalue weighted by atomic mass is 16.5. The monoisotopic (exact) mass is 400 g/mol. The summed E-state index contributed by atoms with van der Waals surface area (Å²) in [5, 5.41) is 9.67. The zero-order chi connectivity index (χ0) is 21.0. The van der Waals surface area contributed by atoms with Gasteiger partial charge >= 0.3 is 12.0 Å². The van der Waals surface area contributed by atoms with Crippen molar-refractivity contribution in [2.45, 2.75) is 51.6 Å². The van der Waals surface area contributed by atoms with Crippen LogP contribution in [0.2, 0.25) is 0 Å². The molecule has 9 nitrogen and oxygen atoms in total. The number of rotatable bonds is 5. The van der Waals surface area contributed by atoms with E-state index in [4.69, 9.17) is 4.74 Å². The van der Waals surface area contributed by atoms with Crippen LogP contribution in [0.1, 0.15) is 56.1 Å². The Morgan fingerprint density at radius 1 is 1.17 bits per heavy atom. The first-order valence-electron chi connectivity index (χ1n) is 9.66. The van der Waals surface area contributed by atoms with Crippen molar-refractivity contribution in [3.8, 4) is 0 Å². The van der Waals surface area contributed by atoms with E-state index in [1.807, 2.05) is 0 Å². The topological polar surface area (TPSA) is 119 Å². The molecule has 0 bridgehead atoms. The molecule has 3 amide bonds. The number of imide groups is 1. The van der Waals surface area contributed by atoms with E-state index in [0.29, 0.717) is 10.8 Å². The third-order valence-electron chi connectivity index (χ3n) is 4.79. The van der Waals surface area contributed by atoms with E-state index < -0.39 is 24.5 Å². The lowest BCUT2D eigenvalue weighted by Gasteiger charge is -2.14. The molecule has 0 spiro atoms. The summed E-state index contributed by atoms with van der Waals surface area (Å²) in [6.45, 7) is 2.91. The number of ether oxygens (including phenoxy) is 1. The van der Waals surface area contributed by atoms with Gasteiger partial charge < -0.3 is 10.1 Å². The molecule has 2 aromatic rings. The van der Waals surface area contributed by atoms with Crippen LogP contribution in [-0.4, -0.2) is 40.3 Å². The summed E-state index contributed by atoms with van der Waals surface area (Å²) in [5.41, 5.74) is -0.370. The molecular formula is C20H24N4O5. The number of nitrogens with one attached hydrogen (secondary N) is 2. The van der Waals surface area contributed by atoms with Crippen LogP contribution in [0.15, 0.2) is 29.1 Å². The molecule has 1 aliphatic rings. The molecule has 0 aliphatic heterocycles. The summed E-state index contributed by atoms with van der Waals surface area (Å²) in [6.07, 6.45) is 3.88. The number of nitrogens with zero attached hydrogens (tertiary/aromatic N) is 2. The molecule has 0 unspecified atom stereocenters. The van der Waals surface area contributed by atoms with Crippen LogP contribution in [0.25, 0.3) is 10.8 Å². The van der Waals surface area contributed by atoms with Crippen LogP contribution in [0.4, 0.5) is 4.79 Å². The fraction of sp³-hybridized carbons (Fsp3) is 0.450. The van der Waals surface area contributed by atoms with Crippen molar-refractivity contribution in [2.24, 2.45) is 0 Å². The van der Waals surface area contributed by atoms with Crippen LogP contribution in [-0.2, 0) is 9.53 Å². The molecule has 1 fully saturated rings. The lowest BCUT2D eigenvalue weighted by Crippen LogP contribution is -2.45. The first-order valence-corrected chi connectivity index (χ1v) is 9.66. The number of carbonyl (C=O) groups excluding carboxylic acids is 3. The van der Waals surface area contributed by atoms with E-state index in [9.17, 15) is 19.2 Å². The summed E-state index contributed by atoms with van der Waals surface area (Å²) in [4.78, 5) is 48.8. The summed E-state index contributed by atoms with van der Waals surface area (Å²) >= 11 is 0. The number of urea groups is 1. The highest BCUT2D eigenvalue weighted by molar-refractivity contribution is 6.03. The number of hydrogen-bond acceptors (Lipinski definition) is 6.